The van der Waals surface area contributed by atoms with E-state index in [2.05, 4.69) is 10.9 Å². The number of carbonyl (C=O) groups is 2. The van der Waals surface area contributed by atoms with E-state index in [0.717, 1.165) is 4.90 Å². The van der Waals surface area contributed by atoms with Crippen LogP contribution in [0, 0.1) is 12.3 Å². The molecule has 0 aliphatic rings. The lowest BCUT2D eigenvalue weighted by Gasteiger charge is -2.28. The third kappa shape index (κ3) is 4.33. The van der Waals surface area contributed by atoms with E-state index in [9.17, 15) is 9.59 Å². The van der Waals surface area contributed by atoms with Gasteiger partial charge in [-0.25, -0.2) is 14.6 Å². The lowest BCUT2D eigenvalue weighted by atomic mass is 10.2. The highest BCUT2D eigenvalue weighted by atomic mass is 16.6. The average molecular weight is 357 g/mol. The number of aromatic nitrogens is 2. The molecule has 0 atom stereocenters. The number of terminal acetylenes is 1. The van der Waals surface area contributed by atoms with Crippen molar-refractivity contribution >= 4 is 23.5 Å². The molecule has 2 heterocycles. The molecule has 26 heavy (non-hydrogen) atoms. The number of rotatable bonds is 1. The van der Waals surface area contributed by atoms with Gasteiger partial charge >= 0.3 is 12.2 Å². The number of carbonyl (C=O) groups excluding carboxylic acids is 2. The van der Waals surface area contributed by atoms with Crippen LogP contribution in [0.4, 0.5) is 15.3 Å². The van der Waals surface area contributed by atoms with Gasteiger partial charge in [0, 0.05) is 6.20 Å². The minimum atomic E-state index is -0.856. The summed E-state index contributed by atoms with van der Waals surface area (Å²) in [6, 6.07) is 3.24. The van der Waals surface area contributed by atoms with Crippen LogP contribution in [0.5, 0.6) is 0 Å². The van der Waals surface area contributed by atoms with Crippen molar-refractivity contribution in [1.29, 1.82) is 0 Å². The minimum Gasteiger partial charge on any atom is -0.443 e. The predicted octanol–water partition coefficient (Wildman–Crippen LogP) is 3.99. The molecule has 2 aromatic rings. The summed E-state index contributed by atoms with van der Waals surface area (Å²) in [6.45, 7) is 10.3. The first-order valence-corrected chi connectivity index (χ1v) is 8.12. The molecule has 0 aromatic carbocycles. The van der Waals surface area contributed by atoms with Crippen molar-refractivity contribution in [3.63, 3.8) is 0 Å². The van der Waals surface area contributed by atoms with Gasteiger partial charge in [0.25, 0.3) is 0 Å². The molecule has 2 rings (SSSR count). The topological polar surface area (TPSA) is 73.1 Å². The second kappa shape index (κ2) is 6.71. The molecule has 0 bridgehead atoms. The molecular formula is C19H23N3O4. The Morgan fingerprint density at radius 2 is 1.65 bits per heavy atom. The van der Waals surface area contributed by atoms with Gasteiger partial charge in [0.05, 0.1) is 6.20 Å². The zero-order valence-corrected chi connectivity index (χ0v) is 15.9. The van der Waals surface area contributed by atoms with Crippen LogP contribution in [-0.2, 0) is 9.47 Å². The van der Waals surface area contributed by atoms with Gasteiger partial charge in [-0.1, -0.05) is 5.92 Å². The van der Waals surface area contributed by atoms with Gasteiger partial charge in [-0.2, -0.15) is 4.90 Å². The summed E-state index contributed by atoms with van der Waals surface area (Å²) in [7, 11) is 0. The molecule has 0 aliphatic heterocycles. The highest BCUT2D eigenvalue weighted by Crippen LogP contribution is 2.26. The van der Waals surface area contributed by atoms with E-state index in [1.54, 1.807) is 64.3 Å². The molecule has 0 spiro atoms. The first-order valence-electron chi connectivity index (χ1n) is 8.12. The largest absolute Gasteiger partial charge is 0.443 e. The Morgan fingerprint density at radius 1 is 1.12 bits per heavy atom. The standard InChI is InChI=1S/C19H23N3O4/c1-8-13-12-20-15-14(10-9-11-21(13)15)22(16(23)25-18(2,3)4)17(24)26-19(5,6)7/h1,9-12H,2-7H3. The minimum absolute atomic E-state index is 0.220. The molecule has 138 valence electrons. The number of imide groups is 1. The highest BCUT2D eigenvalue weighted by Gasteiger charge is 2.34. The Hall–Kier alpha value is -3.01. The maximum atomic E-state index is 12.7. The fourth-order valence-corrected chi connectivity index (χ4v) is 2.16. The second-order valence-corrected chi connectivity index (χ2v) is 7.67. The van der Waals surface area contributed by atoms with Gasteiger partial charge in [-0.3, -0.25) is 4.40 Å². The molecule has 7 nitrogen and oxygen atoms in total. The molecule has 0 unspecified atom stereocenters. The van der Waals surface area contributed by atoms with Crippen LogP contribution in [0.25, 0.3) is 5.65 Å². The van der Waals surface area contributed by atoms with E-state index in [0.29, 0.717) is 11.3 Å². The van der Waals surface area contributed by atoms with Crippen molar-refractivity contribution in [2.75, 3.05) is 4.90 Å². The Bertz CT molecular complexity index is 851. The fraction of sp³-hybridized carbons (Fsp3) is 0.421. The highest BCUT2D eigenvalue weighted by molar-refractivity contribution is 6.11. The van der Waals surface area contributed by atoms with E-state index in [1.807, 2.05) is 0 Å². The molecule has 0 radical (unpaired) electrons. The number of anilines is 1. The summed E-state index contributed by atoms with van der Waals surface area (Å²) in [6.07, 6.45) is 6.94. The lowest BCUT2D eigenvalue weighted by Crippen LogP contribution is -2.44. The number of pyridine rings is 1. The summed E-state index contributed by atoms with van der Waals surface area (Å²) in [5.41, 5.74) is -0.520. The Balaban J connectivity index is 2.57. The smallest absolute Gasteiger partial charge is 0.424 e. The normalized spacial score (nSPS) is 11.7. The van der Waals surface area contributed by atoms with E-state index < -0.39 is 23.4 Å². The van der Waals surface area contributed by atoms with Crippen molar-refractivity contribution in [3.05, 3.63) is 30.2 Å². The summed E-state index contributed by atoms with van der Waals surface area (Å²) in [5, 5.41) is 0. The van der Waals surface area contributed by atoms with Crippen molar-refractivity contribution in [2.24, 2.45) is 0 Å². The van der Waals surface area contributed by atoms with Gasteiger partial charge in [-0.15, -0.1) is 6.42 Å². The van der Waals surface area contributed by atoms with Gasteiger partial charge in [-0.05, 0) is 53.7 Å². The average Bonchev–Trinajstić information content (AvgIpc) is 2.87. The monoisotopic (exact) mass is 357 g/mol. The summed E-state index contributed by atoms with van der Waals surface area (Å²) >= 11 is 0. The third-order valence-electron chi connectivity index (χ3n) is 3.06. The molecule has 0 saturated heterocycles. The number of ether oxygens (including phenoxy) is 2. The predicted molar refractivity (Wildman–Crippen MR) is 98.1 cm³/mol. The van der Waals surface area contributed by atoms with Crippen LogP contribution in [0.2, 0.25) is 0 Å². The Labute approximate surface area is 152 Å². The van der Waals surface area contributed by atoms with Crippen LogP contribution >= 0.6 is 0 Å². The Kier molecular flexibility index (Phi) is 4.99. The zero-order chi connectivity index (χ0) is 19.7. The first-order chi connectivity index (χ1) is 11.9. The van der Waals surface area contributed by atoms with Crippen molar-refractivity contribution in [1.82, 2.24) is 9.38 Å². The molecule has 0 N–H and O–H groups in total. The lowest BCUT2D eigenvalue weighted by molar-refractivity contribution is 0.0431. The quantitative estimate of drug-likeness (QED) is 0.722. The number of amides is 2. The van der Waals surface area contributed by atoms with Crippen LogP contribution in [-0.4, -0.2) is 32.8 Å². The van der Waals surface area contributed by atoms with E-state index in [1.165, 1.54) is 6.20 Å². The van der Waals surface area contributed by atoms with E-state index >= 15 is 0 Å². The molecule has 0 saturated carbocycles. The van der Waals surface area contributed by atoms with Crippen molar-refractivity contribution in [3.8, 4) is 12.3 Å². The molecule has 2 aromatic heterocycles. The molecule has 0 aliphatic carbocycles. The van der Waals surface area contributed by atoms with Crippen LogP contribution in [0.3, 0.4) is 0 Å². The second-order valence-electron chi connectivity index (χ2n) is 7.67. The zero-order valence-electron chi connectivity index (χ0n) is 15.9. The fourth-order valence-electron chi connectivity index (χ4n) is 2.16. The maximum Gasteiger partial charge on any atom is 0.424 e. The van der Waals surface area contributed by atoms with E-state index in [4.69, 9.17) is 15.9 Å². The molecular weight excluding hydrogens is 334 g/mol. The SMILES string of the molecule is C#Cc1cnc2c(N(C(=O)OC(C)(C)C)C(=O)OC(C)(C)C)cccn12. The number of imidazole rings is 1. The molecule has 0 fully saturated rings. The van der Waals surface area contributed by atoms with Crippen LogP contribution < -0.4 is 4.90 Å². The van der Waals surface area contributed by atoms with Gasteiger partial charge in [0.15, 0.2) is 5.65 Å². The third-order valence-corrected chi connectivity index (χ3v) is 3.06. The van der Waals surface area contributed by atoms with Crippen LogP contribution in [0.15, 0.2) is 24.5 Å². The number of hydrogen-bond acceptors (Lipinski definition) is 5. The van der Waals surface area contributed by atoms with Crippen molar-refractivity contribution < 1.29 is 19.1 Å². The maximum absolute atomic E-state index is 12.7. The number of fused-ring (bicyclic) bond motifs is 1. The van der Waals surface area contributed by atoms with Gasteiger partial charge < -0.3 is 9.47 Å². The number of nitrogens with zero attached hydrogens (tertiary/aromatic N) is 3. The first kappa shape index (κ1) is 19.3. The molecule has 7 heteroatoms. The summed E-state index contributed by atoms with van der Waals surface area (Å²) in [5.74, 6) is 2.50. The summed E-state index contributed by atoms with van der Waals surface area (Å²) in [4.78, 5) is 30.5. The summed E-state index contributed by atoms with van der Waals surface area (Å²) < 4.78 is 12.4. The Morgan fingerprint density at radius 3 is 2.12 bits per heavy atom. The molecule has 2 amide bonds. The van der Waals surface area contributed by atoms with Gasteiger partial charge in [0.2, 0.25) is 0 Å². The van der Waals surface area contributed by atoms with E-state index in [-0.39, 0.29) is 5.69 Å². The van der Waals surface area contributed by atoms with Crippen LogP contribution in [0.1, 0.15) is 47.2 Å². The van der Waals surface area contributed by atoms with Gasteiger partial charge in [0.1, 0.15) is 22.6 Å². The van der Waals surface area contributed by atoms with Crippen molar-refractivity contribution in [2.45, 2.75) is 52.7 Å². The number of hydrogen-bond donors (Lipinski definition) is 0.